The minimum atomic E-state index is 0.363. The Morgan fingerprint density at radius 3 is 2.44 bits per heavy atom. The Labute approximate surface area is 112 Å². The van der Waals surface area contributed by atoms with Gasteiger partial charge in [-0.3, -0.25) is 4.90 Å². The predicted molar refractivity (Wildman–Crippen MR) is 75.5 cm³/mol. The zero-order valence-corrected chi connectivity index (χ0v) is 12.5. The van der Waals surface area contributed by atoms with Crippen LogP contribution in [-0.4, -0.2) is 42.8 Å². The van der Waals surface area contributed by atoms with Gasteiger partial charge in [0.25, 0.3) is 0 Å². The highest BCUT2D eigenvalue weighted by Crippen LogP contribution is 2.38. The molecule has 106 valence electrons. The summed E-state index contributed by atoms with van der Waals surface area (Å²) in [5, 5.41) is 0. The van der Waals surface area contributed by atoms with E-state index in [1.807, 2.05) is 0 Å². The normalized spacial score (nSPS) is 41.8. The van der Waals surface area contributed by atoms with Crippen molar-refractivity contribution in [1.82, 2.24) is 4.90 Å². The molecule has 0 aromatic heterocycles. The van der Waals surface area contributed by atoms with Crippen LogP contribution in [0.2, 0.25) is 0 Å². The van der Waals surface area contributed by atoms with Crippen LogP contribution in [0.3, 0.4) is 0 Å². The first-order valence-corrected chi connectivity index (χ1v) is 7.49. The maximum Gasteiger partial charge on any atom is 0.0678 e. The maximum atomic E-state index is 6.33. The molecule has 18 heavy (non-hydrogen) atoms. The molecule has 0 radical (unpaired) electrons. The van der Waals surface area contributed by atoms with Crippen LogP contribution in [0.25, 0.3) is 0 Å². The highest BCUT2D eigenvalue weighted by atomic mass is 16.5. The standard InChI is InChI=1S/C15H30N2O/c1-11-8-17(9-12(2)18-11)10-13-7-15(3,4)6-5-14(13)16/h11-14H,5-10,16H2,1-4H3/t11-,12+,13?,14?. The second-order valence-electron chi connectivity index (χ2n) is 7.31. The van der Waals surface area contributed by atoms with Gasteiger partial charge in [-0.25, -0.2) is 0 Å². The van der Waals surface area contributed by atoms with Crippen molar-refractivity contribution in [2.24, 2.45) is 17.1 Å². The monoisotopic (exact) mass is 254 g/mol. The van der Waals surface area contributed by atoms with Gasteiger partial charge >= 0.3 is 0 Å². The molecule has 0 spiro atoms. The lowest BCUT2D eigenvalue weighted by Gasteiger charge is -2.43. The van der Waals surface area contributed by atoms with Crippen molar-refractivity contribution in [2.75, 3.05) is 19.6 Å². The third-order valence-corrected chi connectivity index (χ3v) is 4.56. The molecule has 1 saturated heterocycles. The summed E-state index contributed by atoms with van der Waals surface area (Å²) < 4.78 is 5.80. The fourth-order valence-electron chi connectivity index (χ4n) is 3.72. The molecular weight excluding hydrogens is 224 g/mol. The van der Waals surface area contributed by atoms with Crippen LogP contribution in [0.4, 0.5) is 0 Å². The number of nitrogens with two attached hydrogens (primary N) is 1. The van der Waals surface area contributed by atoms with E-state index in [-0.39, 0.29) is 0 Å². The largest absolute Gasteiger partial charge is 0.373 e. The SMILES string of the molecule is C[C@@H]1CN(CC2CC(C)(C)CCC2N)C[C@H](C)O1. The first-order chi connectivity index (χ1) is 8.35. The van der Waals surface area contributed by atoms with Crippen LogP contribution >= 0.6 is 0 Å². The van der Waals surface area contributed by atoms with Crippen LogP contribution in [0.15, 0.2) is 0 Å². The van der Waals surface area contributed by atoms with Gasteiger partial charge in [0.1, 0.15) is 0 Å². The lowest BCUT2D eigenvalue weighted by Crippen LogP contribution is -2.51. The minimum Gasteiger partial charge on any atom is -0.373 e. The molecule has 2 N–H and O–H groups in total. The number of rotatable bonds is 2. The highest BCUT2D eigenvalue weighted by Gasteiger charge is 2.35. The van der Waals surface area contributed by atoms with Crippen LogP contribution in [0, 0.1) is 11.3 Å². The van der Waals surface area contributed by atoms with Crippen molar-refractivity contribution < 1.29 is 4.74 Å². The van der Waals surface area contributed by atoms with Crippen molar-refractivity contribution >= 4 is 0 Å². The first kappa shape index (κ1) is 14.3. The Balaban J connectivity index is 1.91. The number of nitrogens with zero attached hydrogens (tertiary/aromatic N) is 1. The molecule has 1 heterocycles. The zero-order chi connectivity index (χ0) is 13.3. The van der Waals surface area contributed by atoms with Gasteiger partial charge in [-0.1, -0.05) is 13.8 Å². The van der Waals surface area contributed by atoms with Gasteiger partial charge in [0.15, 0.2) is 0 Å². The van der Waals surface area contributed by atoms with E-state index in [0.717, 1.165) is 19.6 Å². The molecule has 0 amide bonds. The number of morpholine rings is 1. The lowest BCUT2D eigenvalue weighted by molar-refractivity contribution is -0.0748. The second kappa shape index (κ2) is 5.48. The van der Waals surface area contributed by atoms with Crippen LogP contribution < -0.4 is 5.73 Å². The molecule has 2 fully saturated rings. The fourth-order valence-corrected chi connectivity index (χ4v) is 3.72. The molecule has 1 aliphatic heterocycles. The van der Waals surface area contributed by atoms with Crippen molar-refractivity contribution in [2.45, 2.75) is 65.2 Å². The van der Waals surface area contributed by atoms with E-state index in [1.54, 1.807) is 0 Å². The second-order valence-corrected chi connectivity index (χ2v) is 7.31. The van der Waals surface area contributed by atoms with E-state index in [1.165, 1.54) is 19.3 Å². The number of hydrogen-bond acceptors (Lipinski definition) is 3. The van der Waals surface area contributed by atoms with Gasteiger partial charge in [-0.2, -0.15) is 0 Å². The van der Waals surface area contributed by atoms with Crippen LogP contribution in [-0.2, 0) is 4.74 Å². The summed E-state index contributed by atoms with van der Waals surface area (Å²) in [6.07, 6.45) is 4.46. The first-order valence-electron chi connectivity index (χ1n) is 7.49. The summed E-state index contributed by atoms with van der Waals surface area (Å²) >= 11 is 0. The predicted octanol–water partition coefficient (Wildman–Crippen LogP) is 2.25. The molecule has 1 saturated carbocycles. The van der Waals surface area contributed by atoms with Crippen LogP contribution in [0.1, 0.15) is 47.0 Å². The molecule has 0 aromatic carbocycles. The van der Waals surface area contributed by atoms with Gasteiger partial charge in [0.2, 0.25) is 0 Å². The summed E-state index contributed by atoms with van der Waals surface area (Å²) in [7, 11) is 0. The number of ether oxygens (including phenoxy) is 1. The van der Waals surface area contributed by atoms with Gasteiger partial charge in [0.05, 0.1) is 12.2 Å². The summed E-state index contributed by atoms with van der Waals surface area (Å²) in [5.74, 6) is 0.659. The van der Waals surface area contributed by atoms with E-state index in [4.69, 9.17) is 10.5 Å². The van der Waals surface area contributed by atoms with Gasteiger partial charge in [-0.05, 0) is 44.4 Å². The Morgan fingerprint density at radius 2 is 1.83 bits per heavy atom. The van der Waals surface area contributed by atoms with E-state index in [0.29, 0.717) is 29.6 Å². The molecule has 1 aliphatic carbocycles. The van der Waals surface area contributed by atoms with E-state index in [9.17, 15) is 0 Å². The van der Waals surface area contributed by atoms with Crippen molar-refractivity contribution in [3.63, 3.8) is 0 Å². The maximum absolute atomic E-state index is 6.33. The van der Waals surface area contributed by atoms with E-state index in [2.05, 4.69) is 32.6 Å². The smallest absolute Gasteiger partial charge is 0.0678 e. The Morgan fingerprint density at radius 1 is 1.22 bits per heavy atom. The molecule has 2 unspecified atom stereocenters. The summed E-state index contributed by atoms with van der Waals surface area (Å²) in [6.45, 7) is 12.4. The Bertz CT molecular complexity index is 270. The topological polar surface area (TPSA) is 38.5 Å². The fraction of sp³-hybridized carbons (Fsp3) is 1.00. The van der Waals surface area contributed by atoms with Crippen molar-refractivity contribution in [3.8, 4) is 0 Å². The number of hydrogen-bond donors (Lipinski definition) is 1. The lowest BCUT2D eigenvalue weighted by atomic mass is 9.70. The molecule has 2 rings (SSSR count). The zero-order valence-electron chi connectivity index (χ0n) is 12.5. The molecule has 4 atom stereocenters. The van der Waals surface area contributed by atoms with Crippen molar-refractivity contribution in [1.29, 1.82) is 0 Å². The highest BCUT2D eigenvalue weighted by molar-refractivity contribution is 4.89. The third kappa shape index (κ3) is 3.69. The summed E-state index contributed by atoms with van der Waals surface area (Å²) in [6, 6.07) is 0.395. The Kier molecular flexibility index (Phi) is 4.35. The quantitative estimate of drug-likeness (QED) is 0.821. The average molecular weight is 254 g/mol. The molecule has 0 bridgehead atoms. The van der Waals surface area contributed by atoms with Crippen LogP contribution in [0.5, 0.6) is 0 Å². The van der Waals surface area contributed by atoms with E-state index >= 15 is 0 Å². The summed E-state index contributed by atoms with van der Waals surface area (Å²) in [5.41, 5.74) is 6.80. The Hall–Kier alpha value is -0.120. The third-order valence-electron chi connectivity index (χ3n) is 4.56. The van der Waals surface area contributed by atoms with Gasteiger partial charge < -0.3 is 10.5 Å². The molecule has 3 heteroatoms. The summed E-state index contributed by atoms with van der Waals surface area (Å²) in [4.78, 5) is 2.56. The van der Waals surface area contributed by atoms with Gasteiger partial charge in [0, 0.05) is 25.7 Å². The molecule has 0 aromatic rings. The molecular formula is C15H30N2O. The average Bonchev–Trinajstić information content (AvgIpc) is 2.22. The molecule has 3 nitrogen and oxygen atoms in total. The minimum absolute atomic E-state index is 0.363. The van der Waals surface area contributed by atoms with Crippen molar-refractivity contribution in [3.05, 3.63) is 0 Å². The molecule has 2 aliphatic rings. The van der Waals surface area contributed by atoms with Gasteiger partial charge in [-0.15, -0.1) is 0 Å². The van der Waals surface area contributed by atoms with E-state index < -0.39 is 0 Å².